The quantitative estimate of drug-likeness (QED) is 0.658. The molecular formula is C26H36N4O. The van der Waals surface area contributed by atoms with Gasteiger partial charge in [0, 0.05) is 38.9 Å². The number of hydrogen-bond donors (Lipinski definition) is 1. The third kappa shape index (κ3) is 6.79. The smallest absolute Gasteiger partial charge is 0.321 e. The normalized spacial score (nSPS) is 18.1. The van der Waals surface area contributed by atoms with Crippen LogP contribution in [0, 0.1) is 5.92 Å². The number of rotatable bonds is 7. The molecule has 2 heterocycles. The molecule has 0 spiro atoms. The van der Waals surface area contributed by atoms with E-state index < -0.39 is 0 Å². The van der Waals surface area contributed by atoms with Crippen molar-refractivity contribution in [2.45, 2.75) is 57.9 Å². The summed E-state index contributed by atoms with van der Waals surface area (Å²) in [6, 6.07) is 12.8. The number of aromatic nitrogens is 1. The Morgan fingerprint density at radius 3 is 2.58 bits per heavy atom. The summed E-state index contributed by atoms with van der Waals surface area (Å²) >= 11 is 0. The van der Waals surface area contributed by atoms with Crippen molar-refractivity contribution in [1.82, 2.24) is 14.8 Å². The highest BCUT2D eigenvalue weighted by molar-refractivity contribution is 5.89. The van der Waals surface area contributed by atoms with Gasteiger partial charge in [0.2, 0.25) is 0 Å². The van der Waals surface area contributed by atoms with E-state index in [4.69, 9.17) is 0 Å². The molecular weight excluding hydrogens is 384 g/mol. The van der Waals surface area contributed by atoms with Crippen LogP contribution in [0.2, 0.25) is 0 Å². The third-order valence-corrected chi connectivity index (χ3v) is 6.77. The van der Waals surface area contributed by atoms with Crippen molar-refractivity contribution in [1.29, 1.82) is 0 Å². The van der Waals surface area contributed by atoms with Crippen molar-refractivity contribution in [2.75, 3.05) is 31.5 Å². The average Bonchev–Trinajstić information content (AvgIpc) is 2.81. The van der Waals surface area contributed by atoms with Crippen LogP contribution in [0.25, 0.3) is 0 Å². The molecule has 1 aliphatic heterocycles. The summed E-state index contributed by atoms with van der Waals surface area (Å²) in [5, 5.41) is 2.93. The molecule has 166 valence electrons. The molecule has 4 rings (SSSR count). The standard InChI is InChI=1S/C26H36N4O/c31-26(28-25-13-6-14-27-20-25)30-17-15-29(16-18-30)21-24-12-5-11-23(19-24)10-4-9-22-7-2-1-3-8-22/h5-6,11-14,19-20,22H,1-4,7-10,15-18,21H2,(H,28,31). The molecule has 2 aromatic rings. The lowest BCUT2D eigenvalue weighted by Gasteiger charge is -2.34. The summed E-state index contributed by atoms with van der Waals surface area (Å²) in [5.41, 5.74) is 3.61. The molecule has 5 nitrogen and oxygen atoms in total. The monoisotopic (exact) mass is 420 g/mol. The first-order chi connectivity index (χ1) is 15.3. The maximum Gasteiger partial charge on any atom is 0.321 e. The average molecular weight is 421 g/mol. The number of carbonyl (C=O) groups excluding carboxylic acids is 1. The van der Waals surface area contributed by atoms with E-state index >= 15 is 0 Å². The summed E-state index contributed by atoms with van der Waals surface area (Å²) in [6.45, 7) is 4.30. The minimum absolute atomic E-state index is 0.0346. The predicted octanol–water partition coefficient (Wildman–Crippen LogP) is 5.33. The fourth-order valence-electron chi connectivity index (χ4n) is 4.96. The van der Waals surface area contributed by atoms with E-state index in [0.29, 0.717) is 0 Å². The van der Waals surface area contributed by atoms with Crippen LogP contribution in [0.5, 0.6) is 0 Å². The van der Waals surface area contributed by atoms with Crippen LogP contribution >= 0.6 is 0 Å². The minimum atomic E-state index is -0.0346. The Morgan fingerprint density at radius 2 is 1.81 bits per heavy atom. The van der Waals surface area contributed by atoms with E-state index in [1.807, 2.05) is 17.0 Å². The Labute approximate surface area is 186 Å². The lowest BCUT2D eigenvalue weighted by atomic mass is 9.85. The second kappa shape index (κ2) is 11.3. The van der Waals surface area contributed by atoms with Gasteiger partial charge >= 0.3 is 6.03 Å². The van der Waals surface area contributed by atoms with E-state index in [0.717, 1.165) is 44.3 Å². The molecule has 1 saturated carbocycles. The molecule has 1 N–H and O–H groups in total. The first kappa shape index (κ1) is 21.8. The fourth-order valence-corrected chi connectivity index (χ4v) is 4.96. The van der Waals surface area contributed by atoms with Crippen molar-refractivity contribution >= 4 is 11.7 Å². The second-order valence-corrected chi connectivity index (χ2v) is 9.15. The van der Waals surface area contributed by atoms with Gasteiger partial charge in [-0.2, -0.15) is 0 Å². The Hall–Kier alpha value is -2.40. The molecule has 0 unspecified atom stereocenters. The number of aryl methyl sites for hydroxylation is 1. The number of carbonyl (C=O) groups is 1. The Kier molecular flexibility index (Phi) is 7.94. The van der Waals surface area contributed by atoms with E-state index in [9.17, 15) is 4.79 Å². The molecule has 0 bridgehead atoms. The van der Waals surface area contributed by atoms with E-state index in [-0.39, 0.29) is 6.03 Å². The number of pyridine rings is 1. The summed E-state index contributed by atoms with van der Waals surface area (Å²) in [5.74, 6) is 0.976. The van der Waals surface area contributed by atoms with Crippen LogP contribution in [-0.2, 0) is 13.0 Å². The van der Waals surface area contributed by atoms with Gasteiger partial charge in [0.25, 0.3) is 0 Å². The minimum Gasteiger partial charge on any atom is -0.322 e. The number of piperazine rings is 1. The number of amides is 2. The number of nitrogens with zero attached hydrogens (tertiary/aromatic N) is 3. The molecule has 2 fully saturated rings. The van der Waals surface area contributed by atoms with Crippen molar-refractivity contribution in [3.8, 4) is 0 Å². The van der Waals surface area contributed by atoms with Crippen LogP contribution in [0.3, 0.4) is 0 Å². The van der Waals surface area contributed by atoms with E-state index in [1.165, 1.54) is 62.5 Å². The van der Waals surface area contributed by atoms with Gasteiger partial charge in [-0.3, -0.25) is 9.88 Å². The zero-order chi connectivity index (χ0) is 21.3. The largest absolute Gasteiger partial charge is 0.322 e. The Bertz CT molecular complexity index is 811. The molecule has 1 aromatic heterocycles. The van der Waals surface area contributed by atoms with Gasteiger partial charge in [0.15, 0.2) is 0 Å². The number of anilines is 1. The highest BCUT2D eigenvalue weighted by atomic mass is 16.2. The van der Waals surface area contributed by atoms with E-state index in [2.05, 4.69) is 39.5 Å². The number of nitrogens with one attached hydrogen (secondary N) is 1. The van der Waals surface area contributed by atoms with Crippen molar-refractivity contribution in [2.24, 2.45) is 5.92 Å². The summed E-state index contributed by atoms with van der Waals surface area (Å²) in [4.78, 5) is 20.9. The maximum absolute atomic E-state index is 12.5. The van der Waals surface area contributed by atoms with Gasteiger partial charge in [0.05, 0.1) is 11.9 Å². The summed E-state index contributed by atoms with van der Waals surface area (Å²) in [6.07, 6.45) is 14.5. The number of benzene rings is 1. The molecule has 1 saturated heterocycles. The zero-order valence-electron chi connectivity index (χ0n) is 18.6. The van der Waals surface area contributed by atoms with Crippen LogP contribution in [-0.4, -0.2) is 47.0 Å². The lowest BCUT2D eigenvalue weighted by Crippen LogP contribution is -2.49. The van der Waals surface area contributed by atoms with Crippen molar-refractivity contribution in [3.63, 3.8) is 0 Å². The van der Waals surface area contributed by atoms with Gasteiger partial charge in [0.1, 0.15) is 0 Å². The van der Waals surface area contributed by atoms with Crippen LogP contribution < -0.4 is 5.32 Å². The third-order valence-electron chi connectivity index (χ3n) is 6.77. The van der Waals surface area contributed by atoms with E-state index in [1.54, 1.807) is 12.4 Å². The van der Waals surface area contributed by atoms with Crippen LogP contribution in [0.1, 0.15) is 56.1 Å². The highest BCUT2D eigenvalue weighted by Gasteiger charge is 2.21. The zero-order valence-corrected chi connectivity index (χ0v) is 18.6. The topological polar surface area (TPSA) is 48.5 Å². The van der Waals surface area contributed by atoms with Crippen LogP contribution in [0.4, 0.5) is 10.5 Å². The predicted molar refractivity (Wildman–Crippen MR) is 126 cm³/mol. The number of hydrogen-bond acceptors (Lipinski definition) is 3. The van der Waals surface area contributed by atoms with Gasteiger partial charge in [-0.15, -0.1) is 0 Å². The SMILES string of the molecule is O=C(Nc1cccnc1)N1CCN(Cc2cccc(CCCC3CCCCC3)c2)CC1. The Balaban J connectivity index is 1.19. The maximum atomic E-state index is 12.5. The molecule has 2 aliphatic rings. The summed E-state index contributed by atoms with van der Waals surface area (Å²) < 4.78 is 0. The summed E-state index contributed by atoms with van der Waals surface area (Å²) in [7, 11) is 0. The Morgan fingerprint density at radius 1 is 1.00 bits per heavy atom. The van der Waals surface area contributed by atoms with Gasteiger partial charge in [-0.1, -0.05) is 62.8 Å². The van der Waals surface area contributed by atoms with Crippen molar-refractivity contribution in [3.05, 3.63) is 59.9 Å². The molecule has 5 heteroatoms. The lowest BCUT2D eigenvalue weighted by molar-refractivity contribution is 0.143. The van der Waals surface area contributed by atoms with Gasteiger partial charge in [-0.25, -0.2) is 4.79 Å². The molecule has 0 atom stereocenters. The molecule has 1 aromatic carbocycles. The second-order valence-electron chi connectivity index (χ2n) is 9.15. The first-order valence-corrected chi connectivity index (χ1v) is 12.0. The molecule has 1 aliphatic carbocycles. The fraction of sp³-hybridized carbons (Fsp3) is 0.538. The van der Waals surface area contributed by atoms with Crippen molar-refractivity contribution < 1.29 is 4.79 Å². The van der Waals surface area contributed by atoms with Crippen LogP contribution in [0.15, 0.2) is 48.8 Å². The molecule has 31 heavy (non-hydrogen) atoms. The molecule has 0 radical (unpaired) electrons. The molecule has 2 amide bonds. The van der Waals surface area contributed by atoms with Gasteiger partial charge in [-0.05, 0) is 42.0 Å². The van der Waals surface area contributed by atoms with Gasteiger partial charge < -0.3 is 10.2 Å². The first-order valence-electron chi connectivity index (χ1n) is 12.0. The highest BCUT2D eigenvalue weighted by Crippen LogP contribution is 2.28. The number of urea groups is 1.